The van der Waals surface area contributed by atoms with E-state index in [9.17, 15) is 9.18 Å². The van der Waals surface area contributed by atoms with Crippen LogP contribution in [0.5, 0.6) is 0 Å². The van der Waals surface area contributed by atoms with E-state index in [0.717, 1.165) is 59.8 Å². The molecule has 25 heavy (non-hydrogen) atoms. The molecule has 1 fully saturated rings. The summed E-state index contributed by atoms with van der Waals surface area (Å²) < 4.78 is 13.2. The van der Waals surface area contributed by atoms with Crippen molar-refractivity contribution in [1.29, 1.82) is 0 Å². The van der Waals surface area contributed by atoms with Gasteiger partial charge in [-0.05, 0) is 68.6 Å². The van der Waals surface area contributed by atoms with E-state index in [-0.39, 0.29) is 11.7 Å². The van der Waals surface area contributed by atoms with Crippen molar-refractivity contribution >= 4 is 17.2 Å². The zero-order valence-corrected chi connectivity index (χ0v) is 15.7. The van der Waals surface area contributed by atoms with Gasteiger partial charge in [-0.2, -0.15) is 0 Å². The molecule has 1 aromatic carbocycles. The minimum absolute atomic E-state index is 0.134. The van der Waals surface area contributed by atoms with Gasteiger partial charge in [0.05, 0.1) is 4.88 Å². The van der Waals surface area contributed by atoms with Crippen molar-refractivity contribution in [2.45, 2.75) is 39.2 Å². The second-order valence-electron chi connectivity index (χ2n) is 6.57. The Bertz CT molecular complexity index is 720. The van der Waals surface area contributed by atoms with Crippen LogP contribution in [0.25, 0.3) is 11.1 Å². The Balaban J connectivity index is 1.85. The van der Waals surface area contributed by atoms with E-state index < -0.39 is 0 Å². The topological polar surface area (TPSA) is 32.3 Å². The molecular weight excluding hydrogens is 335 g/mol. The molecule has 2 aromatic rings. The van der Waals surface area contributed by atoms with Crippen molar-refractivity contribution in [3.63, 3.8) is 0 Å². The number of carbonyl (C=O) groups is 1. The largest absolute Gasteiger partial charge is 0.335 e. The lowest BCUT2D eigenvalue weighted by Crippen LogP contribution is -2.46. The fourth-order valence-electron chi connectivity index (χ4n) is 3.45. The van der Waals surface area contributed by atoms with E-state index in [1.165, 1.54) is 23.5 Å². The van der Waals surface area contributed by atoms with Gasteiger partial charge in [-0.15, -0.1) is 11.3 Å². The maximum atomic E-state index is 13.2. The number of hydrogen-bond acceptors (Lipinski definition) is 3. The number of rotatable bonds is 5. The minimum atomic E-state index is -0.243. The Kier molecular flexibility index (Phi) is 5.86. The van der Waals surface area contributed by atoms with Gasteiger partial charge in [-0.1, -0.05) is 19.1 Å². The fourth-order valence-corrected chi connectivity index (χ4v) is 4.45. The van der Waals surface area contributed by atoms with Crippen LogP contribution in [-0.2, 0) is 0 Å². The van der Waals surface area contributed by atoms with Crippen LogP contribution >= 0.6 is 11.3 Å². The van der Waals surface area contributed by atoms with Crippen LogP contribution in [-0.4, -0.2) is 36.5 Å². The first-order valence-electron chi connectivity index (χ1n) is 8.98. The fraction of sp³-hybridized carbons (Fsp3) is 0.450. The number of amides is 1. The zero-order valence-electron chi connectivity index (χ0n) is 14.8. The molecule has 1 aliphatic rings. The minimum Gasteiger partial charge on any atom is -0.335 e. The van der Waals surface area contributed by atoms with Crippen LogP contribution in [0.1, 0.15) is 40.7 Å². The lowest BCUT2D eigenvalue weighted by molar-refractivity contribution is 0.0647. The SMILES string of the molecule is CCCN(C(=O)c1cc(-c2ccc(F)cc2)c(C)s1)C1CCNCC1. The van der Waals surface area contributed by atoms with E-state index in [2.05, 4.69) is 17.1 Å². The number of carbonyl (C=O) groups excluding carboxylic acids is 1. The van der Waals surface area contributed by atoms with Gasteiger partial charge in [0.25, 0.3) is 5.91 Å². The highest BCUT2D eigenvalue weighted by Crippen LogP contribution is 2.32. The molecule has 0 unspecified atom stereocenters. The molecule has 0 radical (unpaired) electrons. The van der Waals surface area contributed by atoms with Gasteiger partial charge >= 0.3 is 0 Å². The van der Waals surface area contributed by atoms with E-state index in [1.807, 2.05) is 13.0 Å². The third kappa shape index (κ3) is 4.10. The normalized spacial score (nSPS) is 15.3. The van der Waals surface area contributed by atoms with Crippen LogP contribution in [0.3, 0.4) is 0 Å². The van der Waals surface area contributed by atoms with Crippen LogP contribution in [0, 0.1) is 12.7 Å². The quantitative estimate of drug-likeness (QED) is 0.853. The number of benzene rings is 1. The van der Waals surface area contributed by atoms with E-state index in [4.69, 9.17) is 0 Å². The van der Waals surface area contributed by atoms with Gasteiger partial charge in [0.2, 0.25) is 0 Å². The molecule has 1 aliphatic heterocycles. The summed E-state index contributed by atoms with van der Waals surface area (Å²) in [4.78, 5) is 17.1. The summed E-state index contributed by atoms with van der Waals surface area (Å²) in [6, 6.07) is 8.77. The van der Waals surface area contributed by atoms with Crippen molar-refractivity contribution in [2.24, 2.45) is 0 Å². The Morgan fingerprint density at radius 1 is 1.28 bits per heavy atom. The number of nitrogens with one attached hydrogen (secondary N) is 1. The molecule has 0 aliphatic carbocycles. The molecule has 2 heterocycles. The number of nitrogens with zero attached hydrogens (tertiary/aromatic N) is 1. The van der Waals surface area contributed by atoms with Gasteiger partial charge in [0.15, 0.2) is 0 Å². The van der Waals surface area contributed by atoms with Crippen LogP contribution < -0.4 is 5.32 Å². The molecule has 1 saturated heterocycles. The van der Waals surface area contributed by atoms with Crippen LogP contribution in [0.15, 0.2) is 30.3 Å². The smallest absolute Gasteiger partial charge is 0.264 e. The first kappa shape index (κ1) is 18.1. The highest BCUT2D eigenvalue weighted by atomic mass is 32.1. The van der Waals surface area contributed by atoms with E-state index in [0.29, 0.717) is 6.04 Å². The zero-order chi connectivity index (χ0) is 17.8. The summed E-state index contributed by atoms with van der Waals surface area (Å²) >= 11 is 1.54. The predicted molar refractivity (Wildman–Crippen MR) is 102 cm³/mol. The van der Waals surface area contributed by atoms with E-state index >= 15 is 0 Å². The number of piperidine rings is 1. The number of halogens is 1. The number of hydrogen-bond donors (Lipinski definition) is 1. The van der Waals surface area contributed by atoms with Crippen molar-refractivity contribution in [3.05, 3.63) is 45.9 Å². The lowest BCUT2D eigenvalue weighted by atomic mass is 10.0. The maximum absolute atomic E-state index is 13.2. The highest BCUT2D eigenvalue weighted by molar-refractivity contribution is 7.14. The molecule has 1 aromatic heterocycles. The summed E-state index contributed by atoms with van der Waals surface area (Å²) in [5.41, 5.74) is 1.98. The Hall–Kier alpha value is -1.72. The standard InChI is InChI=1S/C20H25FN2OS/c1-3-12-23(17-8-10-22-11-9-17)20(24)19-13-18(14(2)25-19)15-4-6-16(21)7-5-15/h4-7,13,17,22H,3,8-12H2,1-2H3. The molecule has 3 rings (SSSR count). The summed E-state index contributed by atoms with van der Waals surface area (Å²) in [6.07, 6.45) is 2.99. The average molecular weight is 360 g/mol. The molecule has 134 valence electrons. The summed E-state index contributed by atoms with van der Waals surface area (Å²) in [5, 5.41) is 3.36. The Morgan fingerprint density at radius 2 is 1.96 bits per heavy atom. The first-order chi connectivity index (χ1) is 12.1. The summed E-state index contributed by atoms with van der Waals surface area (Å²) in [6.45, 7) is 6.89. The van der Waals surface area contributed by atoms with Crippen molar-refractivity contribution in [1.82, 2.24) is 10.2 Å². The molecule has 0 atom stereocenters. The Morgan fingerprint density at radius 3 is 2.60 bits per heavy atom. The van der Waals surface area contributed by atoms with Gasteiger partial charge in [0, 0.05) is 17.5 Å². The van der Waals surface area contributed by atoms with Gasteiger partial charge in [-0.25, -0.2) is 4.39 Å². The second-order valence-corrected chi connectivity index (χ2v) is 7.82. The monoisotopic (exact) mass is 360 g/mol. The van der Waals surface area contributed by atoms with Crippen molar-refractivity contribution in [2.75, 3.05) is 19.6 Å². The molecule has 1 amide bonds. The third-order valence-corrected chi connectivity index (χ3v) is 5.80. The number of aryl methyl sites for hydroxylation is 1. The lowest BCUT2D eigenvalue weighted by Gasteiger charge is -2.34. The van der Waals surface area contributed by atoms with Crippen molar-refractivity contribution < 1.29 is 9.18 Å². The summed E-state index contributed by atoms with van der Waals surface area (Å²) in [5.74, 6) is -0.108. The molecule has 5 heteroatoms. The Labute approximate surface area is 152 Å². The molecule has 3 nitrogen and oxygen atoms in total. The maximum Gasteiger partial charge on any atom is 0.264 e. The van der Waals surface area contributed by atoms with Crippen molar-refractivity contribution in [3.8, 4) is 11.1 Å². The van der Waals surface area contributed by atoms with Crippen LogP contribution in [0.4, 0.5) is 4.39 Å². The second kappa shape index (κ2) is 8.11. The van der Waals surface area contributed by atoms with Gasteiger partial charge < -0.3 is 10.2 Å². The average Bonchev–Trinajstić information content (AvgIpc) is 3.02. The van der Waals surface area contributed by atoms with Crippen LogP contribution in [0.2, 0.25) is 0 Å². The van der Waals surface area contributed by atoms with E-state index in [1.54, 1.807) is 12.1 Å². The molecule has 0 spiro atoms. The molecule has 0 saturated carbocycles. The van der Waals surface area contributed by atoms with Gasteiger partial charge in [-0.3, -0.25) is 4.79 Å². The predicted octanol–water partition coefficient (Wildman–Crippen LogP) is 4.47. The molecular formula is C20H25FN2OS. The summed E-state index contributed by atoms with van der Waals surface area (Å²) in [7, 11) is 0. The highest BCUT2D eigenvalue weighted by Gasteiger charge is 2.27. The first-order valence-corrected chi connectivity index (χ1v) is 9.80. The molecule has 0 bridgehead atoms. The van der Waals surface area contributed by atoms with Gasteiger partial charge in [0.1, 0.15) is 5.82 Å². The third-order valence-electron chi connectivity index (χ3n) is 4.76. The molecule has 1 N–H and O–H groups in total. The number of thiophene rings is 1.